The first-order chi connectivity index (χ1) is 36.1. The standard InChI is InChI=1S/C67H40BN3OS/c69-41-42-27-32-62(71-60-25-13-9-21-53(60)54-22-10-14-26-61(54)71)55(33-42)45-28-30-56-63(37-45)72-64-38-49(48-35-46(43-15-3-1-4-16-43)34-47(36-48)44-17-5-2-6-18-44)39-66-67(64)68(56)57-31-29-50(40-65(57)73-66)70-58-23-11-7-19-51(58)52-20-8-12-24-59(52)70/h1-40H. The summed E-state index contributed by atoms with van der Waals surface area (Å²) < 4.78 is 12.1. The molecule has 0 aliphatic carbocycles. The smallest absolute Gasteiger partial charge is 0.253 e. The monoisotopic (exact) mass is 945 g/mol. The minimum atomic E-state index is -0.0851. The molecule has 73 heavy (non-hydrogen) atoms. The molecule has 15 rings (SSSR count). The van der Waals surface area contributed by atoms with Gasteiger partial charge in [-0.3, -0.25) is 0 Å². The zero-order valence-corrected chi connectivity index (χ0v) is 40.1. The highest BCUT2D eigenvalue weighted by atomic mass is 32.2. The lowest BCUT2D eigenvalue weighted by atomic mass is 9.35. The molecule has 0 saturated heterocycles. The van der Waals surface area contributed by atoms with Crippen LogP contribution in [-0.2, 0) is 0 Å². The zero-order chi connectivity index (χ0) is 48.1. The van der Waals surface area contributed by atoms with Crippen LogP contribution in [-0.4, -0.2) is 15.8 Å². The van der Waals surface area contributed by atoms with E-state index in [2.05, 4.69) is 246 Å². The van der Waals surface area contributed by atoms with Gasteiger partial charge in [-0.05, 0) is 141 Å². The molecule has 0 bridgehead atoms. The molecule has 0 atom stereocenters. The Morgan fingerprint density at radius 2 is 0.890 bits per heavy atom. The van der Waals surface area contributed by atoms with E-state index < -0.39 is 0 Å². The van der Waals surface area contributed by atoms with Gasteiger partial charge >= 0.3 is 0 Å². The number of ether oxygens (including phenoxy) is 1. The quantitative estimate of drug-likeness (QED) is 0.156. The minimum absolute atomic E-state index is 0.0851. The molecule has 4 nitrogen and oxygen atoms in total. The largest absolute Gasteiger partial charge is 0.458 e. The Hall–Kier alpha value is -9.28. The summed E-state index contributed by atoms with van der Waals surface area (Å²) in [7, 11) is 0. The molecule has 0 fully saturated rings. The van der Waals surface area contributed by atoms with Crippen molar-refractivity contribution in [2.45, 2.75) is 9.79 Å². The zero-order valence-electron chi connectivity index (χ0n) is 39.3. The van der Waals surface area contributed by atoms with Crippen LogP contribution >= 0.6 is 11.8 Å². The molecule has 0 radical (unpaired) electrons. The maximum Gasteiger partial charge on any atom is 0.253 e. The van der Waals surface area contributed by atoms with Gasteiger partial charge in [0.2, 0.25) is 0 Å². The first kappa shape index (κ1) is 41.5. The third kappa shape index (κ3) is 6.56. The van der Waals surface area contributed by atoms with Gasteiger partial charge < -0.3 is 13.9 Å². The molecular formula is C67H40BN3OS. The van der Waals surface area contributed by atoms with Gasteiger partial charge in [-0.2, -0.15) is 5.26 Å². The van der Waals surface area contributed by atoms with Gasteiger partial charge in [0.25, 0.3) is 6.71 Å². The fourth-order valence-corrected chi connectivity index (χ4v) is 13.0. The number of nitriles is 1. The van der Waals surface area contributed by atoms with E-state index >= 15 is 0 Å². The van der Waals surface area contributed by atoms with E-state index in [1.807, 2.05) is 23.9 Å². The highest BCUT2D eigenvalue weighted by molar-refractivity contribution is 8.00. The van der Waals surface area contributed by atoms with Crippen molar-refractivity contribution in [3.63, 3.8) is 0 Å². The summed E-state index contributed by atoms with van der Waals surface area (Å²) in [5, 5.41) is 15.2. The van der Waals surface area contributed by atoms with Gasteiger partial charge in [-0.1, -0.05) is 169 Å². The molecular weight excluding hydrogens is 906 g/mol. The van der Waals surface area contributed by atoms with Crippen molar-refractivity contribution in [2.24, 2.45) is 0 Å². The minimum Gasteiger partial charge on any atom is -0.458 e. The van der Waals surface area contributed by atoms with Crippen LogP contribution in [0, 0.1) is 11.3 Å². The van der Waals surface area contributed by atoms with Crippen LogP contribution in [0.3, 0.4) is 0 Å². The maximum atomic E-state index is 10.4. The highest BCUT2D eigenvalue weighted by Crippen LogP contribution is 2.44. The molecule has 0 amide bonds. The number of fused-ring (bicyclic) bond motifs is 10. The summed E-state index contributed by atoms with van der Waals surface area (Å²) in [5.74, 6) is 1.66. The van der Waals surface area contributed by atoms with Crippen molar-refractivity contribution in [1.29, 1.82) is 5.26 Å². The van der Waals surface area contributed by atoms with Crippen LogP contribution in [0.2, 0.25) is 0 Å². The van der Waals surface area contributed by atoms with Crippen LogP contribution in [0.5, 0.6) is 11.5 Å². The lowest BCUT2D eigenvalue weighted by molar-refractivity contribution is 0.486. The van der Waals surface area contributed by atoms with Crippen LogP contribution in [0.4, 0.5) is 0 Å². The molecule has 13 aromatic rings. The summed E-state index contributed by atoms with van der Waals surface area (Å²) in [6.45, 7) is -0.0851. The van der Waals surface area contributed by atoms with E-state index in [0.29, 0.717) is 5.56 Å². The first-order valence-electron chi connectivity index (χ1n) is 24.7. The third-order valence-corrected chi connectivity index (χ3v) is 16.2. The fourth-order valence-electron chi connectivity index (χ4n) is 11.8. The third-order valence-electron chi connectivity index (χ3n) is 15.0. The Labute approximate surface area is 426 Å². The van der Waals surface area contributed by atoms with Crippen molar-refractivity contribution in [2.75, 3.05) is 0 Å². The fraction of sp³-hybridized carbons (Fsp3) is 0. The second-order valence-electron chi connectivity index (χ2n) is 19.1. The van der Waals surface area contributed by atoms with Crippen LogP contribution in [0.25, 0.3) is 99.5 Å². The van der Waals surface area contributed by atoms with Crippen molar-refractivity contribution in [1.82, 2.24) is 9.13 Å². The van der Waals surface area contributed by atoms with Gasteiger partial charge in [-0.15, -0.1) is 0 Å². The molecule has 11 aromatic carbocycles. The van der Waals surface area contributed by atoms with E-state index in [1.54, 1.807) is 0 Å². The molecule has 338 valence electrons. The number of hydrogen-bond donors (Lipinski definition) is 0. The van der Waals surface area contributed by atoms with E-state index in [0.717, 1.165) is 72.8 Å². The molecule has 0 N–H and O–H groups in total. The molecule has 0 saturated carbocycles. The molecule has 0 spiro atoms. The van der Waals surface area contributed by atoms with Crippen LogP contribution in [0.1, 0.15) is 5.56 Å². The molecule has 4 heterocycles. The summed E-state index contributed by atoms with van der Waals surface area (Å²) >= 11 is 1.84. The van der Waals surface area contributed by atoms with Crippen molar-refractivity contribution >= 4 is 78.5 Å². The normalized spacial score (nSPS) is 12.4. The second-order valence-corrected chi connectivity index (χ2v) is 20.2. The number of aromatic nitrogens is 2. The van der Waals surface area contributed by atoms with Gasteiger partial charge in [0.1, 0.15) is 11.5 Å². The summed E-state index contributed by atoms with van der Waals surface area (Å²) in [4.78, 5) is 2.40. The van der Waals surface area contributed by atoms with E-state index in [-0.39, 0.29) is 6.71 Å². The molecule has 2 aromatic heterocycles. The number of nitrogens with zero attached hydrogens (tertiary/aromatic N) is 3. The Morgan fingerprint density at radius 3 is 1.48 bits per heavy atom. The first-order valence-corrected chi connectivity index (χ1v) is 25.5. The molecule has 6 heteroatoms. The van der Waals surface area contributed by atoms with Gasteiger partial charge in [0.15, 0.2) is 0 Å². The SMILES string of the molecule is N#Cc1ccc(-n2c3ccccc3c3ccccc32)c(-c2ccc3c(c2)Oc2cc(-c4cc(-c5ccccc5)cc(-c5ccccc5)c4)cc4c2B3c2ccc(-n3c5ccccc5c5ccccc53)cc2S4)c1. The van der Waals surface area contributed by atoms with Crippen LogP contribution < -0.4 is 21.1 Å². The van der Waals surface area contributed by atoms with Crippen molar-refractivity contribution < 1.29 is 4.74 Å². The number of hydrogen-bond acceptors (Lipinski definition) is 3. The number of para-hydroxylation sites is 4. The molecule has 0 unspecified atom stereocenters. The lowest BCUT2D eigenvalue weighted by Gasteiger charge is -2.34. The summed E-state index contributed by atoms with van der Waals surface area (Å²) in [5.41, 5.74) is 19.7. The van der Waals surface area contributed by atoms with Crippen molar-refractivity contribution in [3.05, 3.63) is 248 Å². The summed E-state index contributed by atoms with van der Waals surface area (Å²) in [6.07, 6.45) is 0. The lowest BCUT2D eigenvalue weighted by Crippen LogP contribution is -2.57. The van der Waals surface area contributed by atoms with E-state index in [9.17, 15) is 5.26 Å². The molecule has 2 aliphatic rings. The maximum absolute atomic E-state index is 10.4. The second kappa shape index (κ2) is 16.4. The van der Waals surface area contributed by atoms with Crippen molar-refractivity contribution in [3.8, 4) is 73.5 Å². The highest BCUT2D eigenvalue weighted by Gasteiger charge is 2.40. The average molecular weight is 946 g/mol. The van der Waals surface area contributed by atoms with Gasteiger partial charge in [0.05, 0.1) is 39.4 Å². The van der Waals surface area contributed by atoms with Gasteiger partial charge in [0, 0.05) is 42.6 Å². The Kier molecular flexibility index (Phi) is 9.32. The van der Waals surface area contributed by atoms with E-state index in [1.165, 1.54) is 64.4 Å². The average Bonchev–Trinajstić information content (AvgIpc) is 3.98. The van der Waals surface area contributed by atoms with E-state index in [4.69, 9.17) is 4.74 Å². The predicted octanol–water partition coefficient (Wildman–Crippen LogP) is 15.5. The molecule has 2 aliphatic heterocycles. The predicted molar refractivity (Wildman–Crippen MR) is 303 cm³/mol. The number of benzene rings is 11. The van der Waals surface area contributed by atoms with Crippen LogP contribution in [0.15, 0.2) is 252 Å². The van der Waals surface area contributed by atoms with Gasteiger partial charge in [-0.25, -0.2) is 0 Å². The Bertz CT molecular complexity index is 4310. The Balaban J connectivity index is 0.943. The topological polar surface area (TPSA) is 42.9 Å². The number of rotatable bonds is 6. The summed E-state index contributed by atoms with van der Waals surface area (Å²) in [6, 6.07) is 89.8. The Morgan fingerprint density at radius 1 is 0.384 bits per heavy atom.